The Labute approximate surface area is 138 Å². The SMILES string of the molecule is NC(=O)c1cccc(-c2cnc(N3CCOCC3)c3nccn23)c1. The Morgan fingerprint density at radius 1 is 1.21 bits per heavy atom. The van der Waals surface area contributed by atoms with Crippen LogP contribution in [0.15, 0.2) is 42.9 Å². The number of carbonyl (C=O) groups excluding carboxylic acids is 1. The van der Waals surface area contributed by atoms with E-state index in [1.54, 1.807) is 24.5 Å². The van der Waals surface area contributed by atoms with Gasteiger partial charge in [-0.1, -0.05) is 12.1 Å². The van der Waals surface area contributed by atoms with Crippen molar-refractivity contribution in [2.75, 3.05) is 31.2 Å². The predicted octanol–water partition coefficient (Wildman–Crippen LogP) is 1.33. The van der Waals surface area contributed by atoms with Crippen molar-refractivity contribution in [3.8, 4) is 11.3 Å². The molecule has 1 saturated heterocycles. The molecule has 3 heterocycles. The van der Waals surface area contributed by atoms with Crippen molar-refractivity contribution < 1.29 is 9.53 Å². The molecule has 7 heteroatoms. The Morgan fingerprint density at radius 3 is 2.83 bits per heavy atom. The lowest BCUT2D eigenvalue weighted by Gasteiger charge is -2.28. The molecule has 1 aromatic carbocycles. The Balaban J connectivity index is 1.82. The van der Waals surface area contributed by atoms with Crippen molar-refractivity contribution >= 4 is 17.4 Å². The van der Waals surface area contributed by atoms with E-state index < -0.39 is 5.91 Å². The van der Waals surface area contributed by atoms with Crippen LogP contribution in [0.5, 0.6) is 0 Å². The highest BCUT2D eigenvalue weighted by Gasteiger charge is 2.18. The molecule has 24 heavy (non-hydrogen) atoms. The first-order valence-electron chi connectivity index (χ1n) is 7.79. The van der Waals surface area contributed by atoms with Crippen LogP contribution < -0.4 is 10.6 Å². The summed E-state index contributed by atoms with van der Waals surface area (Å²) in [5.41, 5.74) is 8.38. The number of fused-ring (bicyclic) bond motifs is 1. The van der Waals surface area contributed by atoms with Crippen molar-refractivity contribution in [1.29, 1.82) is 0 Å². The van der Waals surface area contributed by atoms with E-state index in [2.05, 4.69) is 14.9 Å². The summed E-state index contributed by atoms with van der Waals surface area (Å²) in [5.74, 6) is 0.398. The van der Waals surface area contributed by atoms with Crippen LogP contribution in [0.25, 0.3) is 16.9 Å². The molecule has 2 aromatic heterocycles. The molecule has 0 spiro atoms. The lowest BCUT2D eigenvalue weighted by Crippen LogP contribution is -2.37. The molecule has 0 aliphatic carbocycles. The van der Waals surface area contributed by atoms with Crippen molar-refractivity contribution in [2.45, 2.75) is 0 Å². The highest BCUT2D eigenvalue weighted by molar-refractivity contribution is 5.94. The summed E-state index contributed by atoms with van der Waals surface area (Å²) < 4.78 is 7.39. The number of benzene rings is 1. The number of hydrogen-bond donors (Lipinski definition) is 1. The monoisotopic (exact) mass is 323 g/mol. The number of amides is 1. The second-order valence-electron chi connectivity index (χ2n) is 5.63. The first-order valence-corrected chi connectivity index (χ1v) is 7.79. The molecule has 0 radical (unpaired) electrons. The van der Waals surface area contributed by atoms with Gasteiger partial charge >= 0.3 is 0 Å². The maximum absolute atomic E-state index is 11.4. The summed E-state index contributed by atoms with van der Waals surface area (Å²) >= 11 is 0. The number of ether oxygens (including phenoxy) is 1. The van der Waals surface area contributed by atoms with Gasteiger partial charge in [-0.3, -0.25) is 9.20 Å². The molecule has 122 valence electrons. The quantitative estimate of drug-likeness (QED) is 0.786. The zero-order valence-electron chi connectivity index (χ0n) is 13.1. The van der Waals surface area contributed by atoms with Gasteiger partial charge < -0.3 is 15.4 Å². The molecule has 0 bridgehead atoms. The van der Waals surface area contributed by atoms with E-state index in [9.17, 15) is 4.79 Å². The van der Waals surface area contributed by atoms with Gasteiger partial charge in [0.2, 0.25) is 5.91 Å². The summed E-state index contributed by atoms with van der Waals surface area (Å²) in [6, 6.07) is 7.21. The molecule has 7 nitrogen and oxygen atoms in total. The molecular weight excluding hydrogens is 306 g/mol. The lowest BCUT2D eigenvalue weighted by molar-refractivity contribution is 0.100. The number of morpholine rings is 1. The third-order valence-electron chi connectivity index (χ3n) is 4.16. The van der Waals surface area contributed by atoms with Gasteiger partial charge in [-0.2, -0.15) is 0 Å². The average Bonchev–Trinajstić information content (AvgIpc) is 3.11. The molecule has 1 aliphatic heterocycles. The van der Waals surface area contributed by atoms with Gasteiger partial charge in [-0.25, -0.2) is 9.97 Å². The fourth-order valence-corrected chi connectivity index (χ4v) is 2.95. The van der Waals surface area contributed by atoms with Gasteiger partial charge in [0.05, 0.1) is 25.1 Å². The molecule has 3 aromatic rings. The minimum atomic E-state index is -0.448. The summed E-state index contributed by atoms with van der Waals surface area (Å²) in [4.78, 5) is 22.7. The number of anilines is 1. The first kappa shape index (κ1) is 14.6. The molecule has 1 aliphatic rings. The largest absolute Gasteiger partial charge is 0.378 e. The predicted molar refractivity (Wildman–Crippen MR) is 90.0 cm³/mol. The molecule has 1 fully saturated rings. The third kappa shape index (κ3) is 2.48. The van der Waals surface area contributed by atoms with Gasteiger partial charge in [0.15, 0.2) is 11.5 Å². The van der Waals surface area contributed by atoms with Crippen LogP contribution in [0.1, 0.15) is 10.4 Å². The van der Waals surface area contributed by atoms with Crippen LogP contribution in [0, 0.1) is 0 Å². The number of primary amides is 1. The van der Waals surface area contributed by atoms with E-state index in [-0.39, 0.29) is 0 Å². The Morgan fingerprint density at radius 2 is 2.04 bits per heavy atom. The van der Waals surface area contributed by atoms with Crippen LogP contribution in [-0.2, 0) is 4.74 Å². The van der Waals surface area contributed by atoms with Crippen LogP contribution >= 0.6 is 0 Å². The van der Waals surface area contributed by atoms with E-state index in [1.807, 2.05) is 22.7 Å². The van der Waals surface area contributed by atoms with Crippen LogP contribution in [0.4, 0.5) is 5.82 Å². The van der Waals surface area contributed by atoms with Crippen molar-refractivity contribution in [3.05, 3.63) is 48.4 Å². The van der Waals surface area contributed by atoms with Gasteiger partial charge in [-0.15, -0.1) is 0 Å². The zero-order valence-corrected chi connectivity index (χ0v) is 13.1. The summed E-state index contributed by atoms with van der Waals surface area (Å²) in [5, 5.41) is 0. The fraction of sp³-hybridized carbons (Fsp3) is 0.235. The standard InChI is InChI=1S/C17H17N5O2/c18-15(23)13-3-1-2-12(10-13)14-11-20-16(17-19-4-5-22(14)17)21-6-8-24-9-7-21/h1-5,10-11H,6-9H2,(H2,18,23). The maximum atomic E-state index is 11.4. The maximum Gasteiger partial charge on any atom is 0.248 e. The molecule has 4 rings (SSSR count). The molecule has 0 saturated carbocycles. The normalized spacial score (nSPS) is 14.9. The van der Waals surface area contributed by atoms with E-state index in [0.29, 0.717) is 18.8 Å². The summed E-state index contributed by atoms with van der Waals surface area (Å²) in [7, 11) is 0. The minimum Gasteiger partial charge on any atom is -0.378 e. The van der Waals surface area contributed by atoms with E-state index in [1.165, 1.54) is 0 Å². The van der Waals surface area contributed by atoms with E-state index >= 15 is 0 Å². The number of nitrogens with two attached hydrogens (primary N) is 1. The molecule has 0 atom stereocenters. The van der Waals surface area contributed by atoms with Gasteiger partial charge in [0, 0.05) is 36.6 Å². The zero-order chi connectivity index (χ0) is 16.5. The second-order valence-corrected chi connectivity index (χ2v) is 5.63. The van der Waals surface area contributed by atoms with Crippen LogP contribution in [0.2, 0.25) is 0 Å². The molecular formula is C17H17N5O2. The van der Waals surface area contributed by atoms with Gasteiger partial charge in [0.1, 0.15) is 0 Å². The number of imidazole rings is 1. The molecule has 1 amide bonds. The summed E-state index contributed by atoms with van der Waals surface area (Å²) in [6.45, 7) is 2.98. The van der Waals surface area contributed by atoms with Crippen molar-refractivity contribution in [1.82, 2.24) is 14.4 Å². The lowest BCUT2D eigenvalue weighted by atomic mass is 10.1. The van der Waals surface area contributed by atoms with Crippen LogP contribution in [-0.4, -0.2) is 46.6 Å². The van der Waals surface area contributed by atoms with Crippen LogP contribution in [0.3, 0.4) is 0 Å². The highest BCUT2D eigenvalue weighted by Crippen LogP contribution is 2.26. The molecule has 2 N–H and O–H groups in total. The third-order valence-corrected chi connectivity index (χ3v) is 4.16. The number of rotatable bonds is 3. The number of nitrogens with zero attached hydrogens (tertiary/aromatic N) is 4. The van der Waals surface area contributed by atoms with Crippen molar-refractivity contribution in [2.24, 2.45) is 5.73 Å². The molecule has 0 unspecified atom stereocenters. The van der Waals surface area contributed by atoms with Gasteiger partial charge in [-0.05, 0) is 12.1 Å². The first-order chi connectivity index (χ1) is 11.7. The second kappa shape index (κ2) is 5.93. The van der Waals surface area contributed by atoms with E-state index in [0.717, 1.165) is 35.8 Å². The number of hydrogen-bond acceptors (Lipinski definition) is 5. The van der Waals surface area contributed by atoms with Gasteiger partial charge in [0.25, 0.3) is 0 Å². The summed E-state index contributed by atoms with van der Waals surface area (Å²) in [6.07, 6.45) is 5.45. The highest BCUT2D eigenvalue weighted by atomic mass is 16.5. The Bertz CT molecular complexity index is 899. The Hall–Kier alpha value is -2.93. The fourth-order valence-electron chi connectivity index (χ4n) is 2.95. The van der Waals surface area contributed by atoms with Crippen molar-refractivity contribution in [3.63, 3.8) is 0 Å². The smallest absolute Gasteiger partial charge is 0.248 e. The Kier molecular flexibility index (Phi) is 3.62. The number of carbonyl (C=O) groups is 1. The average molecular weight is 323 g/mol. The number of aromatic nitrogens is 3. The van der Waals surface area contributed by atoms with E-state index in [4.69, 9.17) is 10.5 Å². The topological polar surface area (TPSA) is 85.8 Å². The minimum absolute atomic E-state index is 0.448.